The van der Waals surface area contributed by atoms with E-state index < -0.39 is -0.685 Å². The van der Waals surface area contributed by atoms with Crippen LogP contribution in [0.5, 0.6) is 0 Å². The average molecular weight is 801 g/mol. The summed E-state index contributed by atoms with van der Waals surface area (Å²) in [6.07, 6.45) is 0. The Morgan fingerprint density at radius 1 is 0.571 bits per heavy atom. The fourth-order valence-corrected chi connectivity index (χ4v) is 0. The van der Waals surface area contributed by atoms with Gasteiger partial charge in [0.05, 0.1) is 0 Å². The van der Waals surface area contributed by atoms with Crippen LogP contribution in [0.1, 0.15) is 0 Å². The molecule has 0 aliphatic carbocycles. The zero-order valence-corrected chi connectivity index (χ0v) is 19.3. The van der Waals surface area contributed by atoms with E-state index in [9.17, 15) is 0 Å². The molecule has 0 atom stereocenters. The van der Waals surface area contributed by atoms with Gasteiger partial charge >= 0.3 is 67.0 Å². The van der Waals surface area contributed by atoms with Crippen LogP contribution in [0.2, 0.25) is 0 Å². The molecule has 0 heterocycles. The minimum atomic E-state index is -2.66. The Labute approximate surface area is 60.9 Å². The van der Waals surface area contributed by atoms with Crippen LogP contribution in [0, 0.1) is 0 Å². The molecule has 43 valence electrons. The van der Waals surface area contributed by atoms with E-state index in [1.54, 1.807) is 0 Å². The summed E-state index contributed by atoms with van der Waals surface area (Å²) >= 11 is 15.6. The summed E-state index contributed by atoms with van der Waals surface area (Å²) in [7, 11) is 0. The summed E-state index contributed by atoms with van der Waals surface area (Å²) in [5.74, 6) is 0. The maximum atomic E-state index is 2.60. The third-order valence-electron chi connectivity index (χ3n) is 0. The van der Waals surface area contributed by atoms with Crippen molar-refractivity contribution >= 4 is 67.0 Å². The number of hydrogen-bond donors (Lipinski definition) is 0. The molecule has 7 heteroatoms. The summed E-state index contributed by atoms with van der Waals surface area (Å²) in [6, 6.07) is 0. The SMILES string of the molecule is [I][K]([I])([I])([I])([I])[I]. The Kier molecular flexibility index (Phi) is 6.14. The van der Waals surface area contributed by atoms with E-state index in [0.29, 0.717) is 0 Å². The summed E-state index contributed by atoms with van der Waals surface area (Å²) in [5, 5.41) is 0. The molecule has 0 bridgehead atoms. The molecular formula is I6K. The normalized spacial score (nSPS) is 18.0. The first-order valence-electron chi connectivity index (χ1n) is 2.27. The van der Waals surface area contributed by atoms with Crippen molar-refractivity contribution in [3.05, 3.63) is 0 Å². The van der Waals surface area contributed by atoms with Crippen molar-refractivity contribution in [1.82, 2.24) is 0 Å². The van der Waals surface area contributed by atoms with Gasteiger partial charge in [0.2, 0.25) is 0 Å². The number of hydrogen-bond acceptors (Lipinski definition) is 0. The van der Waals surface area contributed by atoms with Crippen LogP contribution in [0.3, 0.4) is 0 Å². The van der Waals surface area contributed by atoms with E-state index in [2.05, 4.69) is 67.7 Å². The minimum absolute atomic E-state index is 2.60. The molecule has 0 aromatic carbocycles. The standard InChI is InChI=1S/6HI.K/h6*1H;/q;;;;;;+6/p-6. The second kappa shape index (κ2) is 3.30. The zero-order chi connectivity index (χ0) is 6.41. The van der Waals surface area contributed by atoms with Crippen LogP contribution < -0.4 is 0 Å². The van der Waals surface area contributed by atoms with Crippen molar-refractivity contribution in [3.8, 4) is 0 Å². The molecule has 0 N–H and O–H groups in total. The van der Waals surface area contributed by atoms with Gasteiger partial charge in [-0.2, -0.15) is 0 Å². The molecular weight excluding hydrogens is 801 g/mol. The Balaban J connectivity index is 4.43. The average Bonchev–Trinajstić information content (AvgIpc) is 0.592. The van der Waals surface area contributed by atoms with E-state index in [-0.39, 0.29) is 0 Å². The second-order valence-electron chi connectivity index (χ2n) is 2.14. The molecule has 0 fully saturated rings. The summed E-state index contributed by atoms with van der Waals surface area (Å²) in [5.41, 5.74) is 0. The molecule has 0 aromatic rings. The summed E-state index contributed by atoms with van der Waals surface area (Å²) in [6.45, 7) is 0. The zero-order valence-electron chi connectivity index (χ0n) is 3.27. The van der Waals surface area contributed by atoms with Crippen LogP contribution in [-0.2, 0) is 0 Å². The fourth-order valence-electron chi connectivity index (χ4n) is 0. The fraction of sp³-hybridized carbons (Fsp3) is 0. The van der Waals surface area contributed by atoms with Crippen LogP contribution in [0.4, 0.5) is 0 Å². The van der Waals surface area contributed by atoms with Gasteiger partial charge < -0.3 is 0 Å². The quantitative estimate of drug-likeness (QED) is 0.241. The van der Waals surface area contributed by atoms with Crippen molar-refractivity contribution in [2.24, 2.45) is 0 Å². The van der Waals surface area contributed by atoms with Gasteiger partial charge in [-0.3, -0.25) is 0 Å². The van der Waals surface area contributed by atoms with E-state index in [1.807, 2.05) is 0 Å². The number of rotatable bonds is 0. The topological polar surface area (TPSA) is 0 Å². The third kappa shape index (κ3) is 33.3. The van der Waals surface area contributed by atoms with Crippen molar-refractivity contribution < 1.29 is 0 Å². The Morgan fingerprint density at radius 3 is 0.571 bits per heavy atom. The summed E-state index contributed by atoms with van der Waals surface area (Å²) < 4.78 is -2.66. The first-order chi connectivity index (χ1) is 2.45. The van der Waals surface area contributed by atoms with Crippen LogP contribution >= 0.6 is 67.7 Å². The van der Waals surface area contributed by atoms with Gasteiger partial charge in [0.15, 0.2) is 0 Å². The Bertz CT molecular complexity index is 62.7. The summed E-state index contributed by atoms with van der Waals surface area (Å²) in [4.78, 5) is 0. The van der Waals surface area contributed by atoms with Gasteiger partial charge in [-0.05, 0) is 0 Å². The molecule has 0 saturated carbocycles. The molecule has 0 amide bonds. The molecule has 0 aromatic heterocycles. The predicted molar refractivity (Wildman–Crippen MR) is 89.9 cm³/mol. The van der Waals surface area contributed by atoms with Crippen LogP contribution in [0.25, 0.3) is 0 Å². The second-order valence-corrected chi connectivity index (χ2v) is 398. The van der Waals surface area contributed by atoms with Gasteiger partial charge in [-0.15, -0.1) is 0 Å². The van der Waals surface area contributed by atoms with Crippen LogP contribution in [0.15, 0.2) is 0 Å². The van der Waals surface area contributed by atoms with E-state index in [1.165, 1.54) is 0 Å². The van der Waals surface area contributed by atoms with Crippen molar-refractivity contribution in [3.63, 3.8) is 0 Å². The molecule has 0 aliphatic heterocycles. The van der Waals surface area contributed by atoms with Gasteiger partial charge in [-0.1, -0.05) is 0 Å². The van der Waals surface area contributed by atoms with E-state index >= 15 is 0 Å². The predicted octanol–water partition coefficient (Wildman–Crippen LogP) is 4.93. The molecule has 7 heavy (non-hydrogen) atoms. The molecule has 1 radical (unpaired) electrons. The van der Waals surface area contributed by atoms with E-state index in [0.717, 1.165) is 0 Å². The molecule has 0 spiro atoms. The molecule has 0 aliphatic rings. The monoisotopic (exact) mass is 800 g/mol. The first kappa shape index (κ1) is 13.0. The van der Waals surface area contributed by atoms with Gasteiger partial charge in [-0.25, -0.2) is 0 Å². The van der Waals surface area contributed by atoms with Crippen molar-refractivity contribution in [2.75, 3.05) is 0 Å². The van der Waals surface area contributed by atoms with Crippen LogP contribution in [-0.4, -0.2) is -0.685 Å². The molecule has 0 unspecified atom stereocenters. The third-order valence-corrected chi connectivity index (χ3v) is 0. The van der Waals surface area contributed by atoms with Gasteiger partial charge in [0.1, 0.15) is 0 Å². The maximum absolute atomic E-state index is 2.66. The Hall–Kier alpha value is 6.02. The Morgan fingerprint density at radius 2 is 0.571 bits per heavy atom. The van der Waals surface area contributed by atoms with Gasteiger partial charge in [0, 0.05) is 0 Å². The van der Waals surface area contributed by atoms with Crippen molar-refractivity contribution in [1.29, 1.82) is 0 Å². The molecule has 0 nitrogen and oxygen atoms in total. The van der Waals surface area contributed by atoms with Crippen molar-refractivity contribution in [2.45, 2.75) is 0 Å². The number of halogens is 6. The molecule has 0 saturated heterocycles. The first-order valence-corrected chi connectivity index (χ1v) is 62.7. The molecule has 0 rings (SSSR count). The van der Waals surface area contributed by atoms with E-state index in [4.69, 9.17) is 0 Å². The van der Waals surface area contributed by atoms with Gasteiger partial charge in [0.25, 0.3) is 0 Å².